The lowest BCUT2D eigenvalue weighted by Gasteiger charge is -2.14. The highest BCUT2D eigenvalue weighted by Crippen LogP contribution is 2.34. The van der Waals surface area contributed by atoms with E-state index >= 15 is 0 Å². The number of fused-ring (bicyclic) bond motifs is 1. The summed E-state index contributed by atoms with van der Waals surface area (Å²) in [6.07, 6.45) is 3.70. The predicted octanol–water partition coefficient (Wildman–Crippen LogP) is 4.37. The average molecular weight is 544 g/mol. The summed E-state index contributed by atoms with van der Waals surface area (Å²) in [5.74, 6) is 0.508. The van der Waals surface area contributed by atoms with Gasteiger partial charge in [0.1, 0.15) is 34.5 Å². The second-order valence-electron chi connectivity index (χ2n) is 8.69. The van der Waals surface area contributed by atoms with Gasteiger partial charge in [0.25, 0.3) is 0 Å². The molecule has 4 rings (SSSR count). The number of rotatable bonds is 11. The quantitative estimate of drug-likeness (QED) is 0.271. The maximum atomic E-state index is 12.8. The third-order valence-corrected chi connectivity index (χ3v) is 6.44. The van der Waals surface area contributed by atoms with Crippen molar-refractivity contribution in [1.82, 2.24) is 14.4 Å². The molecule has 2 heterocycles. The number of anilines is 1. The molecule has 0 amide bonds. The van der Waals surface area contributed by atoms with Crippen LogP contribution in [0.4, 0.5) is 5.82 Å². The van der Waals surface area contributed by atoms with Crippen LogP contribution in [0.2, 0.25) is 0 Å². The van der Waals surface area contributed by atoms with Crippen LogP contribution in [0.15, 0.2) is 54.9 Å². The van der Waals surface area contributed by atoms with Gasteiger partial charge in [-0.1, -0.05) is 12.1 Å². The first-order valence-corrected chi connectivity index (χ1v) is 12.4. The minimum atomic E-state index is -0.780. The standard InChI is InChI=1S/C29H29N5O6/c1-37-21-12-11-20(23(16-21)38-2)17-32-26-25-24(18-7-9-19(10-8-18)28(35)39-3)33-27(34(25)15-14-31-26)22(6-5-13-30)29(36)40-4/h7-12,14-16,22H,5-6,17H2,1-4H3,(H,31,32). The van der Waals surface area contributed by atoms with Gasteiger partial charge in [0.05, 0.1) is 40.1 Å². The molecule has 11 nitrogen and oxygen atoms in total. The molecule has 0 bridgehead atoms. The average Bonchev–Trinajstić information content (AvgIpc) is 3.39. The first kappa shape index (κ1) is 27.9. The number of carbonyl (C=O) groups is 2. The number of nitrogens with zero attached hydrogens (tertiary/aromatic N) is 4. The van der Waals surface area contributed by atoms with Gasteiger partial charge in [0.2, 0.25) is 0 Å². The molecular weight excluding hydrogens is 514 g/mol. The summed E-state index contributed by atoms with van der Waals surface area (Å²) in [7, 11) is 5.80. The van der Waals surface area contributed by atoms with Crippen LogP contribution in [0.5, 0.6) is 11.5 Å². The molecular formula is C29H29N5O6. The number of nitrogens with one attached hydrogen (secondary N) is 1. The van der Waals surface area contributed by atoms with E-state index in [1.807, 2.05) is 12.1 Å². The van der Waals surface area contributed by atoms with Gasteiger partial charge >= 0.3 is 11.9 Å². The van der Waals surface area contributed by atoms with Crippen LogP contribution < -0.4 is 14.8 Å². The monoisotopic (exact) mass is 543 g/mol. The number of carbonyl (C=O) groups excluding carboxylic acids is 2. The summed E-state index contributed by atoms with van der Waals surface area (Å²) in [5, 5.41) is 12.6. The third kappa shape index (κ3) is 5.66. The van der Waals surface area contributed by atoms with Crippen LogP contribution >= 0.6 is 0 Å². The van der Waals surface area contributed by atoms with Crippen molar-refractivity contribution in [1.29, 1.82) is 5.26 Å². The second-order valence-corrected chi connectivity index (χ2v) is 8.69. The van der Waals surface area contributed by atoms with Crippen molar-refractivity contribution >= 4 is 23.3 Å². The van der Waals surface area contributed by atoms with E-state index in [1.165, 1.54) is 14.2 Å². The minimum Gasteiger partial charge on any atom is -0.497 e. The third-order valence-electron chi connectivity index (χ3n) is 6.44. The molecule has 0 saturated heterocycles. The van der Waals surface area contributed by atoms with Crippen LogP contribution in [-0.2, 0) is 20.8 Å². The van der Waals surface area contributed by atoms with Crippen LogP contribution in [0.25, 0.3) is 16.8 Å². The highest BCUT2D eigenvalue weighted by molar-refractivity contribution is 5.92. The van der Waals surface area contributed by atoms with Crippen molar-refractivity contribution < 1.29 is 28.5 Å². The molecule has 11 heteroatoms. The fraction of sp³-hybridized carbons (Fsp3) is 0.276. The molecule has 0 aliphatic rings. The molecule has 2 aromatic carbocycles. The Hall–Kier alpha value is -5.11. The Bertz CT molecular complexity index is 1560. The summed E-state index contributed by atoms with van der Waals surface area (Å²) in [6, 6.07) is 14.4. The number of nitriles is 1. The molecule has 0 fully saturated rings. The largest absolute Gasteiger partial charge is 0.497 e. The highest BCUT2D eigenvalue weighted by atomic mass is 16.5. The number of aromatic nitrogens is 3. The fourth-order valence-electron chi connectivity index (χ4n) is 4.40. The lowest BCUT2D eigenvalue weighted by Crippen LogP contribution is -2.17. The molecule has 40 heavy (non-hydrogen) atoms. The van der Waals surface area contributed by atoms with Gasteiger partial charge in [-0.2, -0.15) is 5.26 Å². The van der Waals surface area contributed by atoms with Gasteiger partial charge in [-0.3, -0.25) is 9.20 Å². The molecule has 4 aromatic rings. The molecule has 0 saturated carbocycles. The molecule has 0 aliphatic carbocycles. The van der Waals surface area contributed by atoms with Crippen LogP contribution in [-0.4, -0.2) is 54.7 Å². The number of methoxy groups -OCH3 is 4. The maximum Gasteiger partial charge on any atom is 0.337 e. The van der Waals surface area contributed by atoms with Crippen molar-refractivity contribution in [2.24, 2.45) is 0 Å². The Morgan fingerprint density at radius 1 is 1.05 bits per heavy atom. The highest BCUT2D eigenvalue weighted by Gasteiger charge is 2.29. The number of hydrogen-bond acceptors (Lipinski definition) is 10. The van der Waals surface area contributed by atoms with Crippen molar-refractivity contribution in [2.45, 2.75) is 25.3 Å². The lowest BCUT2D eigenvalue weighted by molar-refractivity contribution is -0.142. The van der Waals surface area contributed by atoms with E-state index < -0.39 is 17.9 Å². The predicted molar refractivity (Wildman–Crippen MR) is 146 cm³/mol. The van der Waals surface area contributed by atoms with Crippen molar-refractivity contribution in [3.8, 4) is 28.8 Å². The van der Waals surface area contributed by atoms with Crippen LogP contribution in [0, 0.1) is 11.3 Å². The Kier molecular flexibility index (Phi) is 8.81. The molecule has 1 N–H and O–H groups in total. The van der Waals surface area contributed by atoms with Gasteiger partial charge < -0.3 is 24.3 Å². The van der Waals surface area contributed by atoms with Gasteiger partial charge in [0, 0.05) is 42.6 Å². The fourth-order valence-corrected chi connectivity index (χ4v) is 4.40. The van der Waals surface area contributed by atoms with E-state index in [1.54, 1.807) is 61.3 Å². The summed E-state index contributed by atoms with van der Waals surface area (Å²) in [6.45, 7) is 0.371. The van der Waals surface area contributed by atoms with Crippen molar-refractivity contribution in [3.63, 3.8) is 0 Å². The van der Waals surface area contributed by atoms with E-state index in [2.05, 4.69) is 16.4 Å². The summed E-state index contributed by atoms with van der Waals surface area (Å²) in [5.41, 5.74) is 3.10. The smallest absolute Gasteiger partial charge is 0.337 e. The number of benzene rings is 2. The molecule has 1 unspecified atom stereocenters. The molecule has 206 valence electrons. The lowest BCUT2D eigenvalue weighted by atomic mass is 10.0. The van der Waals surface area contributed by atoms with E-state index in [4.69, 9.17) is 23.9 Å². The van der Waals surface area contributed by atoms with Gasteiger partial charge in [-0.15, -0.1) is 0 Å². The molecule has 0 radical (unpaired) electrons. The molecule has 1 atom stereocenters. The zero-order valence-corrected chi connectivity index (χ0v) is 22.6. The molecule has 0 spiro atoms. The zero-order chi connectivity index (χ0) is 28.6. The van der Waals surface area contributed by atoms with Crippen LogP contribution in [0.1, 0.15) is 40.5 Å². The van der Waals surface area contributed by atoms with Crippen molar-refractivity contribution in [3.05, 3.63) is 71.8 Å². The first-order valence-electron chi connectivity index (χ1n) is 12.4. The number of ether oxygens (including phenoxy) is 4. The van der Waals surface area contributed by atoms with Crippen molar-refractivity contribution in [2.75, 3.05) is 33.8 Å². The van der Waals surface area contributed by atoms with E-state index in [-0.39, 0.29) is 12.8 Å². The Morgan fingerprint density at radius 3 is 2.48 bits per heavy atom. The number of hydrogen-bond donors (Lipinski definition) is 1. The second kappa shape index (κ2) is 12.6. The van der Waals surface area contributed by atoms with Gasteiger partial charge in [0.15, 0.2) is 5.82 Å². The number of imidazole rings is 1. The Labute approximate surface area is 231 Å². The summed E-state index contributed by atoms with van der Waals surface area (Å²) in [4.78, 5) is 34.2. The zero-order valence-electron chi connectivity index (χ0n) is 22.6. The van der Waals surface area contributed by atoms with E-state index in [9.17, 15) is 14.9 Å². The first-order chi connectivity index (χ1) is 19.4. The van der Waals surface area contributed by atoms with Gasteiger partial charge in [-0.25, -0.2) is 14.8 Å². The maximum absolute atomic E-state index is 12.8. The van der Waals surface area contributed by atoms with E-state index in [0.717, 1.165) is 5.56 Å². The topological polar surface area (TPSA) is 137 Å². The SMILES string of the molecule is COC(=O)c1ccc(-c2nc(C(CCC#N)C(=O)OC)n3ccnc(NCc4ccc(OC)cc4OC)c23)cc1. The minimum absolute atomic E-state index is 0.144. The normalized spacial score (nSPS) is 11.4. The molecule has 0 aliphatic heterocycles. The summed E-state index contributed by atoms with van der Waals surface area (Å²) >= 11 is 0. The summed E-state index contributed by atoms with van der Waals surface area (Å²) < 4.78 is 22.5. The van der Waals surface area contributed by atoms with E-state index in [0.29, 0.717) is 52.0 Å². The van der Waals surface area contributed by atoms with Gasteiger partial charge in [-0.05, 0) is 30.7 Å². The Morgan fingerprint density at radius 2 is 1.82 bits per heavy atom. The van der Waals surface area contributed by atoms with Crippen LogP contribution in [0.3, 0.4) is 0 Å². The number of esters is 2. The Balaban J connectivity index is 1.84. The molecule has 2 aromatic heterocycles.